The minimum atomic E-state index is -0.185. The van der Waals surface area contributed by atoms with E-state index >= 15 is 0 Å². The number of aryl methyl sites for hydroxylation is 1. The van der Waals surface area contributed by atoms with E-state index in [0.717, 1.165) is 16.6 Å². The van der Waals surface area contributed by atoms with Crippen LogP contribution in [0.2, 0.25) is 0 Å². The van der Waals surface area contributed by atoms with Crippen LogP contribution in [-0.4, -0.2) is 16.4 Å². The number of aromatic nitrogens is 2. The van der Waals surface area contributed by atoms with Crippen molar-refractivity contribution in [2.45, 2.75) is 19.3 Å². The van der Waals surface area contributed by atoms with Gasteiger partial charge in [-0.2, -0.15) is 5.10 Å². The summed E-state index contributed by atoms with van der Waals surface area (Å²) in [6.07, 6.45) is 0. The summed E-state index contributed by atoms with van der Waals surface area (Å²) in [4.78, 5) is 4.77. The Balaban J connectivity index is 2.61. The van der Waals surface area contributed by atoms with Crippen molar-refractivity contribution in [3.63, 3.8) is 0 Å². The SMILES string of the molecule is Cn1nc(C(C)(C)CON)c2ccccc21. The largest absolute Gasteiger partial charge is 0.304 e. The summed E-state index contributed by atoms with van der Waals surface area (Å²) >= 11 is 0. The van der Waals surface area contributed by atoms with E-state index in [2.05, 4.69) is 31.1 Å². The smallest absolute Gasteiger partial charge is 0.0786 e. The van der Waals surface area contributed by atoms with Gasteiger partial charge in [-0.25, -0.2) is 5.90 Å². The highest BCUT2D eigenvalue weighted by Crippen LogP contribution is 2.29. The predicted molar refractivity (Wildman–Crippen MR) is 63.9 cm³/mol. The molecule has 1 aromatic heterocycles. The summed E-state index contributed by atoms with van der Waals surface area (Å²) in [6.45, 7) is 4.61. The van der Waals surface area contributed by atoms with E-state index in [1.165, 1.54) is 0 Å². The first kappa shape index (κ1) is 11.1. The van der Waals surface area contributed by atoms with Crippen LogP contribution >= 0.6 is 0 Å². The molecule has 2 rings (SSSR count). The molecule has 0 radical (unpaired) electrons. The van der Waals surface area contributed by atoms with Crippen LogP contribution in [0, 0.1) is 0 Å². The first-order valence-corrected chi connectivity index (χ1v) is 5.30. The van der Waals surface area contributed by atoms with Crippen molar-refractivity contribution >= 4 is 10.9 Å². The van der Waals surface area contributed by atoms with Crippen molar-refractivity contribution in [1.82, 2.24) is 9.78 Å². The molecule has 2 N–H and O–H groups in total. The van der Waals surface area contributed by atoms with Gasteiger partial charge in [0.05, 0.1) is 17.8 Å². The number of rotatable bonds is 3. The first-order chi connectivity index (χ1) is 7.56. The van der Waals surface area contributed by atoms with Crippen LogP contribution in [0.5, 0.6) is 0 Å². The van der Waals surface area contributed by atoms with Crippen LogP contribution in [0.3, 0.4) is 0 Å². The molecule has 0 atom stereocenters. The molecule has 1 heterocycles. The van der Waals surface area contributed by atoms with Gasteiger partial charge in [0.1, 0.15) is 0 Å². The Labute approximate surface area is 95.0 Å². The van der Waals surface area contributed by atoms with E-state index in [9.17, 15) is 0 Å². The quantitative estimate of drug-likeness (QED) is 0.800. The van der Waals surface area contributed by atoms with Gasteiger partial charge in [0.25, 0.3) is 0 Å². The minimum absolute atomic E-state index is 0.185. The molecule has 86 valence electrons. The maximum atomic E-state index is 5.17. The highest BCUT2D eigenvalue weighted by Gasteiger charge is 2.26. The molecule has 0 saturated carbocycles. The van der Waals surface area contributed by atoms with Gasteiger partial charge in [-0.1, -0.05) is 32.0 Å². The molecular formula is C12H17N3O. The summed E-state index contributed by atoms with van der Waals surface area (Å²) in [5.74, 6) is 5.17. The van der Waals surface area contributed by atoms with Gasteiger partial charge in [0.15, 0.2) is 0 Å². The third-order valence-electron chi connectivity index (χ3n) is 2.84. The fourth-order valence-corrected chi connectivity index (χ4v) is 1.99. The number of hydrogen-bond donors (Lipinski definition) is 1. The fraction of sp³-hybridized carbons (Fsp3) is 0.417. The van der Waals surface area contributed by atoms with E-state index < -0.39 is 0 Å². The second kappa shape index (κ2) is 3.88. The number of hydrogen-bond acceptors (Lipinski definition) is 3. The van der Waals surface area contributed by atoms with Crippen LogP contribution in [0.4, 0.5) is 0 Å². The Hall–Kier alpha value is -1.39. The number of nitrogens with two attached hydrogens (primary N) is 1. The molecule has 1 aromatic carbocycles. The molecule has 0 amide bonds. The van der Waals surface area contributed by atoms with E-state index in [1.54, 1.807) is 0 Å². The lowest BCUT2D eigenvalue weighted by molar-refractivity contribution is 0.0952. The summed E-state index contributed by atoms with van der Waals surface area (Å²) in [6, 6.07) is 8.17. The number of benzene rings is 1. The zero-order chi connectivity index (χ0) is 11.8. The molecule has 0 spiro atoms. The lowest BCUT2D eigenvalue weighted by Gasteiger charge is -2.20. The summed E-state index contributed by atoms with van der Waals surface area (Å²) in [5.41, 5.74) is 1.97. The van der Waals surface area contributed by atoms with Crippen LogP contribution in [0.1, 0.15) is 19.5 Å². The maximum Gasteiger partial charge on any atom is 0.0786 e. The van der Waals surface area contributed by atoms with Gasteiger partial charge in [-0.15, -0.1) is 0 Å². The Morgan fingerprint density at radius 1 is 1.38 bits per heavy atom. The van der Waals surface area contributed by atoms with Crippen LogP contribution < -0.4 is 5.90 Å². The third kappa shape index (κ3) is 1.70. The summed E-state index contributed by atoms with van der Waals surface area (Å²) in [5, 5.41) is 5.72. The van der Waals surface area contributed by atoms with Crippen LogP contribution in [0.15, 0.2) is 24.3 Å². The van der Waals surface area contributed by atoms with E-state index in [1.807, 2.05) is 23.9 Å². The predicted octanol–water partition coefficient (Wildman–Crippen LogP) is 1.74. The van der Waals surface area contributed by atoms with Gasteiger partial charge in [-0.05, 0) is 6.07 Å². The Bertz CT molecular complexity index is 502. The molecule has 16 heavy (non-hydrogen) atoms. The molecule has 2 aromatic rings. The second-order valence-corrected chi connectivity index (χ2v) is 4.68. The van der Waals surface area contributed by atoms with Crippen molar-refractivity contribution in [2.24, 2.45) is 12.9 Å². The van der Waals surface area contributed by atoms with Gasteiger partial charge in [0, 0.05) is 17.8 Å². The Kier molecular flexibility index (Phi) is 2.69. The molecule has 0 aliphatic rings. The standard InChI is InChI=1S/C12H17N3O/c1-12(2,8-16-13)11-9-6-4-5-7-10(9)15(3)14-11/h4-7H,8,13H2,1-3H3. The maximum absolute atomic E-state index is 5.17. The van der Waals surface area contributed by atoms with Crippen molar-refractivity contribution in [1.29, 1.82) is 0 Å². The second-order valence-electron chi connectivity index (χ2n) is 4.68. The third-order valence-corrected chi connectivity index (χ3v) is 2.84. The van der Waals surface area contributed by atoms with Gasteiger partial charge in [0.2, 0.25) is 0 Å². The molecule has 0 bridgehead atoms. The lowest BCUT2D eigenvalue weighted by Crippen LogP contribution is -2.27. The van der Waals surface area contributed by atoms with Crippen LogP contribution in [0.25, 0.3) is 10.9 Å². The Morgan fingerprint density at radius 2 is 2.06 bits per heavy atom. The zero-order valence-electron chi connectivity index (χ0n) is 9.90. The van der Waals surface area contributed by atoms with Gasteiger partial charge < -0.3 is 4.84 Å². The molecule has 4 nitrogen and oxygen atoms in total. The molecule has 4 heteroatoms. The van der Waals surface area contributed by atoms with Crippen molar-refractivity contribution < 1.29 is 4.84 Å². The lowest BCUT2D eigenvalue weighted by atomic mass is 9.88. The van der Waals surface area contributed by atoms with E-state index in [-0.39, 0.29) is 5.41 Å². The highest BCUT2D eigenvalue weighted by atomic mass is 16.6. The molecular weight excluding hydrogens is 202 g/mol. The number of para-hydroxylation sites is 1. The highest BCUT2D eigenvalue weighted by molar-refractivity contribution is 5.82. The molecule has 0 aliphatic heterocycles. The van der Waals surface area contributed by atoms with Gasteiger partial charge in [-0.3, -0.25) is 4.68 Å². The van der Waals surface area contributed by atoms with Crippen molar-refractivity contribution in [3.8, 4) is 0 Å². The molecule has 0 aliphatic carbocycles. The normalized spacial score (nSPS) is 12.2. The van der Waals surface area contributed by atoms with E-state index in [0.29, 0.717) is 6.61 Å². The average Bonchev–Trinajstić information content (AvgIpc) is 2.58. The van der Waals surface area contributed by atoms with Crippen LogP contribution in [-0.2, 0) is 17.3 Å². The van der Waals surface area contributed by atoms with Gasteiger partial charge >= 0.3 is 0 Å². The number of nitrogens with zero attached hydrogens (tertiary/aromatic N) is 2. The summed E-state index contributed by atoms with van der Waals surface area (Å²) < 4.78 is 1.89. The van der Waals surface area contributed by atoms with E-state index in [4.69, 9.17) is 10.7 Å². The van der Waals surface area contributed by atoms with Crippen molar-refractivity contribution in [2.75, 3.05) is 6.61 Å². The Morgan fingerprint density at radius 3 is 2.75 bits per heavy atom. The molecule has 0 saturated heterocycles. The topological polar surface area (TPSA) is 53.1 Å². The molecule has 0 fully saturated rings. The molecule has 0 unspecified atom stereocenters. The average molecular weight is 219 g/mol. The zero-order valence-corrected chi connectivity index (χ0v) is 9.90. The monoisotopic (exact) mass is 219 g/mol. The minimum Gasteiger partial charge on any atom is -0.304 e. The van der Waals surface area contributed by atoms with Crippen molar-refractivity contribution in [3.05, 3.63) is 30.0 Å². The number of fused-ring (bicyclic) bond motifs is 1. The first-order valence-electron chi connectivity index (χ1n) is 5.30. The fourth-order valence-electron chi connectivity index (χ4n) is 1.99. The summed E-state index contributed by atoms with van der Waals surface area (Å²) in [7, 11) is 1.95.